The van der Waals surface area contributed by atoms with Gasteiger partial charge in [-0.3, -0.25) is 4.79 Å². The van der Waals surface area contributed by atoms with Gasteiger partial charge in [0, 0.05) is 22.9 Å². The molecule has 124 valence electrons. The molecular formula is C17H22N2O3S. The molecule has 1 amide bonds. The van der Waals surface area contributed by atoms with Crippen LogP contribution in [0.15, 0.2) is 28.7 Å². The van der Waals surface area contributed by atoms with Gasteiger partial charge in [0.15, 0.2) is 0 Å². The molecule has 1 aliphatic heterocycles. The fourth-order valence-electron chi connectivity index (χ4n) is 3.13. The van der Waals surface area contributed by atoms with Crippen molar-refractivity contribution in [3.63, 3.8) is 0 Å². The van der Waals surface area contributed by atoms with Gasteiger partial charge in [0.2, 0.25) is 10.0 Å². The summed E-state index contributed by atoms with van der Waals surface area (Å²) in [5.41, 5.74) is 3.24. The molecule has 1 atom stereocenters. The van der Waals surface area contributed by atoms with Gasteiger partial charge < -0.3 is 5.32 Å². The summed E-state index contributed by atoms with van der Waals surface area (Å²) in [6.45, 7) is 3.77. The second-order valence-electron chi connectivity index (χ2n) is 6.28. The first kappa shape index (κ1) is 16.2. The molecule has 0 unspecified atom stereocenters. The predicted molar refractivity (Wildman–Crippen MR) is 90.5 cm³/mol. The monoisotopic (exact) mass is 334 g/mol. The average Bonchev–Trinajstić information content (AvgIpc) is 3.11. The van der Waals surface area contributed by atoms with E-state index in [0.717, 1.165) is 43.2 Å². The van der Waals surface area contributed by atoms with Gasteiger partial charge in [-0.05, 0) is 57.2 Å². The fraction of sp³-hybridized carbons (Fsp3) is 0.471. The molecule has 3 rings (SSSR count). The van der Waals surface area contributed by atoms with Gasteiger partial charge in [0.05, 0.1) is 4.90 Å². The standard InChI is InChI=1S/C17H22N2O3S/c1-3-11(2)19-23(21,22)13-8-9-15-14(10-13)16(17(20)18-15)12-6-4-5-7-12/h8-11,19H,3-7H2,1-2H3,(H,18,20)/t11-/m1/s1. The van der Waals surface area contributed by atoms with Gasteiger partial charge in [-0.15, -0.1) is 0 Å². The average molecular weight is 334 g/mol. The minimum absolute atomic E-state index is 0.110. The number of carbonyl (C=O) groups is 1. The van der Waals surface area contributed by atoms with Crippen molar-refractivity contribution in [2.75, 3.05) is 5.32 Å². The number of hydrogen-bond donors (Lipinski definition) is 2. The summed E-state index contributed by atoms with van der Waals surface area (Å²) in [4.78, 5) is 12.5. The van der Waals surface area contributed by atoms with E-state index in [0.29, 0.717) is 11.3 Å². The van der Waals surface area contributed by atoms with E-state index in [1.807, 2.05) is 13.8 Å². The highest BCUT2D eigenvalue weighted by Crippen LogP contribution is 2.40. The second kappa shape index (κ2) is 6.09. The van der Waals surface area contributed by atoms with Crippen LogP contribution < -0.4 is 10.0 Å². The van der Waals surface area contributed by atoms with Crippen molar-refractivity contribution in [2.45, 2.75) is 56.9 Å². The Balaban J connectivity index is 2.03. The van der Waals surface area contributed by atoms with Crippen LogP contribution in [-0.4, -0.2) is 20.4 Å². The number of fused-ring (bicyclic) bond motifs is 1. The van der Waals surface area contributed by atoms with Crippen LogP contribution in [0.1, 0.15) is 51.5 Å². The Hall–Kier alpha value is -1.66. The van der Waals surface area contributed by atoms with Crippen molar-refractivity contribution < 1.29 is 13.2 Å². The molecule has 1 aromatic carbocycles. The molecular weight excluding hydrogens is 312 g/mol. The van der Waals surface area contributed by atoms with E-state index in [9.17, 15) is 13.2 Å². The Labute approximate surface area is 137 Å². The van der Waals surface area contributed by atoms with Crippen molar-refractivity contribution in [2.24, 2.45) is 0 Å². The maximum absolute atomic E-state index is 12.5. The Kier molecular flexibility index (Phi) is 4.29. The number of amides is 1. The lowest BCUT2D eigenvalue weighted by molar-refractivity contribution is -0.110. The van der Waals surface area contributed by atoms with Gasteiger partial charge >= 0.3 is 0 Å². The molecule has 1 aromatic rings. The molecule has 0 bridgehead atoms. The third-order valence-corrected chi connectivity index (χ3v) is 6.16. The molecule has 2 aliphatic rings. The van der Waals surface area contributed by atoms with Crippen LogP contribution in [0.3, 0.4) is 0 Å². The van der Waals surface area contributed by atoms with E-state index < -0.39 is 10.0 Å². The van der Waals surface area contributed by atoms with Gasteiger partial charge in [-0.2, -0.15) is 0 Å². The van der Waals surface area contributed by atoms with Gasteiger partial charge in [-0.25, -0.2) is 13.1 Å². The predicted octanol–water partition coefficient (Wildman–Crippen LogP) is 3.04. The summed E-state index contributed by atoms with van der Waals surface area (Å²) in [5, 5.41) is 2.84. The summed E-state index contributed by atoms with van der Waals surface area (Å²) in [6, 6.07) is 4.73. The van der Waals surface area contributed by atoms with Crippen LogP contribution in [0.2, 0.25) is 0 Å². The third kappa shape index (κ3) is 3.05. The number of sulfonamides is 1. The van der Waals surface area contributed by atoms with E-state index in [-0.39, 0.29) is 16.8 Å². The van der Waals surface area contributed by atoms with Gasteiger partial charge in [-0.1, -0.05) is 12.5 Å². The summed E-state index contributed by atoms with van der Waals surface area (Å²) < 4.78 is 27.6. The number of allylic oxidation sites excluding steroid dienone is 1. The highest BCUT2D eigenvalue weighted by atomic mass is 32.2. The zero-order valence-electron chi connectivity index (χ0n) is 13.5. The molecule has 23 heavy (non-hydrogen) atoms. The topological polar surface area (TPSA) is 75.3 Å². The van der Waals surface area contributed by atoms with Crippen LogP contribution >= 0.6 is 0 Å². The van der Waals surface area contributed by atoms with Crippen molar-refractivity contribution in [1.82, 2.24) is 4.72 Å². The first-order chi connectivity index (χ1) is 10.9. The molecule has 5 nitrogen and oxygen atoms in total. The third-order valence-electron chi connectivity index (χ3n) is 4.58. The van der Waals surface area contributed by atoms with Crippen molar-refractivity contribution in [3.8, 4) is 0 Å². The number of rotatable bonds is 4. The van der Waals surface area contributed by atoms with Gasteiger partial charge in [0.1, 0.15) is 0 Å². The van der Waals surface area contributed by atoms with E-state index >= 15 is 0 Å². The lowest BCUT2D eigenvalue weighted by atomic mass is 10.00. The van der Waals surface area contributed by atoms with E-state index in [1.54, 1.807) is 18.2 Å². The molecule has 1 saturated carbocycles. The van der Waals surface area contributed by atoms with E-state index in [1.165, 1.54) is 0 Å². The van der Waals surface area contributed by atoms with Gasteiger partial charge in [0.25, 0.3) is 5.91 Å². The van der Waals surface area contributed by atoms with Crippen LogP contribution in [0.25, 0.3) is 5.57 Å². The first-order valence-corrected chi connectivity index (χ1v) is 9.61. The molecule has 1 aliphatic carbocycles. The maximum atomic E-state index is 12.5. The normalized spacial score (nSPS) is 19.0. The Morgan fingerprint density at radius 2 is 1.96 bits per heavy atom. The van der Waals surface area contributed by atoms with Crippen molar-refractivity contribution in [3.05, 3.63) is 29.3 Å². The highest BCUT2D eigenvalue weighted by molar-refractivity contribution is 7.89. The van der Waals surface area contributed by atoms with Crippen LogP contribution in [0, 0.1) is 0 Å². The number of hydrogen-bond acceptors (Lipinski definition) is 3. The quantitative estimate of drug-likeness (QED) is 0.831. The lowest BCUT2D eigenvalue weighted by Gasteiger charge is -2.13. The summed E-state index contributed by atoms with van der Waals surface area (Å²) in [6.07, 6.45) is 4.75. The van der Waals surface area contributed by atoms with Crippen LogP contribution in [0.5, 0.6) is 0 Å². The smallest absolute Gasteiger partial charge is 0.256 e. The zero-order chi connectivity index (χ0) is 16.6. The molecule has 1 fully saturated rings. The van der Waals surface area contributed by atoms with E-state index in [2.05, 4.69) is 10.0 Å². The summed E-state index contributed by atoms with van der Waals surface area (Å²) >= 11 is 0. The maximum Gasteiger partial charge on any atom is 0.256 e. The Morgan fingerprint density at radius 3 is 2.61 bits per heavy atom. The van der Waals surface area contributed by atoms with Crippen molar-refractivity contribution in [1.29, 1.82) is 0 Å². The van der Waals surface area contributed by atoms with E-state index in [4.69, 9.17) is 0 Å². The molecule has 0 spiro atoms. The second-order valence-corrected chi connectivity index (χ2v) is 7.99. The van der Waals surface area contributed by atoms with Crippen LogP contribution in [0.4, 0.5) is 5.69 Å². The summed E-state index contributed by atoms with van der Waals surface area (Å²) in [5.74, 6) is -0.110. The molecule has 1 heterocycles. The SMILES string of the molecule is CC[C@@H](C)NS(=O)(=O)c1ccc2c(c1)C(=C1CCCC1)C(=O)N2. The number of nitrogens with one attached hydrogen (secondary N) is 2. The largest absolute Gasteiger partial charge is 0.321 e. The van der Waals surface area contributed by atoms with Crippen LogP contribution in [-0.2, 0) is 14.8 Å². The Bertz CT molecular complexity index is 773. The molecule has 6 heteroatoms. The number of benzene rings is 1. The van der Waals surface area contributed by atoms with Crippen molar-refractivity contribution >= 4 is 27.2 Å². The molecule has 0 radical (unpaired) electrons. The molecule has 2 N–H and O–H groups in total. The Morgan fingerprint density at radius 1 is 1.26 bits per heavy atom. The number of anilines is 1. The fourth-order valence-corrected chi connectivity index (χ4v) is 4.49. The highest BCUT2D eigenvalue weighted by Gasteiger charge is 2.30. The minimum Gasteiger partial charge on any atom is -0.321 e. The minimum atomic E-state index is -3.57. The number of carbonyl (C=O) groups excluding carboxylic acids is 1. The first-order valence-electron chi connectivity index (χ1n) is 8.12. The lowest BCUT2D eigenvalue weighted by Crippen LogP contribution is -2.32. The molecule has 0 aromatic heterocycles. The zero-order valence-corrected chi connectivity index (χ0v) is 14.3. The molecule has 0 saturated heterocycles. The summed E-state index contributed by atoms with van der Waals surface area (Å²) in [7, 11) is -3.57.